The van der Waals surface area contributed by atoms with E-state index < -0.39 is 0 Å². The zero-order valence-corrected chi connectivity index (χ0v) is 12.1. The molecule has 1 rings (SSSR count). The zero-order valence-electron chi connectivity index (χ0n) is 9.72. The Bertz CT molecular complexity index is 401. The molecule has 0 aliphatic heterocycles. The second-order valence-electron chi connectivity index (χ2n) is 3.94. The molecule has 0 aliphatic rings. The number of halogens is 2. The van der Waals surface area contributed by atoms with Gasteiger partial charge in [0.2, 0.25) is 0 Å². The fourth-order valence-electron chi connectivity index (χ4n) is 1.60. The van der Waals surface area contributed by atoms with E-state index in [1.54, 1.807) is 12.1 Å². The van der Waals surface area contributed by atoms with Crippen LogP contribution in [0.15, 0.2) is 35.3 Å². The van der Waals surface area contributed by atoms with E-state index in [0.717, 1.165) is 30.2 Å². The first-order valence-corrected chi connectivity index (χ1v) is 6.91. The Labute approximate surface area is 116 Å². The van der Waals surface area contributed by atoms with Crippen LogP contribution >= 0.6 is 27.5 Å². The highest BCUT2D eigenvalue weighted by Gasteiger charge is 2.10. The molecule has 0 saturated heterocycles. The smallest absolute Gasteiger partial charge is 0.164 e. The molecule has 17 heavy (non-hydrogen) atoms. The first-order chi connectivity index (χ1) is 8.15. The Morgan fingerprint density at radius 1 is 1.35 bits per heavy atom. The van der Waals surface area contributed by atoms with Crippen LogP contribution in [0.4, 0.5) is 0 Å². The molecule has 0 saturated carbocycles. The van der Waals surface area contributed by atoms with Crippen molar-refractivity contribution in [3.05, 3.63) is 45.9 Å². The number of carbonyl (C=O) groups is 1. The number of unbranched alkanes of at least 4 members (excludes halogenated alkanes) is 3. The monoisotopic (exact) mass is 314 g/mol. The normalized spacial score (nSPS) is 10.2. The van der Waals surface area contributed by atoms with E-state index in [1.165, 1.54) is 0 Å². The molecule has 0 bridgehead atoms. The number of hydrogen-bond donors (Lipinski definition) is 0. The predicted octanol–water partition coefficient (Wildman–Crippen LogP) is 5.42. The summed E-state index contributed by atoms with van der Waals surface area (Å²) in [7, 11) is 0. The lowest BCUT2D eigenvalue weighted by Gasteiger charge is -2.04. The molecule has 0 heterocycles. The van der Waals surface area contributed by atoms with Crippen molar-refractivity contribution in [2.75, 3.05) is 0 Å². The van der Waals surface area contributed by atoms with Crippen molar-refractivity contribution >= 4 is 33.3 Å². The fraction of sp³-hybridized carbons (Fsp3) is 0.357. The predicted molar refractivity (Wildman–Crippen MR) is 76.8 cm³/mol. The van der Waals surface area contributed by atoms with Gasteiger partial charge in [-0.05, 0) is 37.5 Å². The minimum Gasteiger partial charge on any atom is -0.294 e. The van der Waals surface area contributed by atoms with Crippen molar-refractivity contribution in [1.82, 2.24) is 0 Å². The number of ketones is 1. The van der Waals surface area contributed by atoms with Crippen LogP contribution in [0.3, 0.4) is 0 Å². The molecular formula is C14H16BrClO. The zero-order chi connectivity index (χ0) is 12.7. The van der Waals surface area contributed by atoms with E-state index in [4.69, 9.17) is 11.6 Å². The van der Waals surface area contributed by atoms with E-state index in [2.05, 4.69) is 22.5 Å². The summed E-state index contributed by atoms with van der Waals surface area (Å²) in [5.74, 6) is 0.151. The molecule has 0 unspecified atom stereocenters. The summed E-state index contributed by atoms with van der Waals surface area (Å²) in [6.07, 6.45) is 6.61. The van der Waals surface area contributed by atoms with Crippen LogP contribution < -0.4 is 0 Å². The Morgan fingerprint density at radius 3 is 2.82 bits per heavy atom. The molecule has 3 heteroatoms. The summed E-state index contributed by atoms with van der Waals surface area (Å²) >= 11 is 9.25. The van der Waals surface area contributed by atoms with Gasteiger partial charge in [0.15, 0.2) is 5.78 Å². The van der Waals surface area contributed by atoms with Crippen LogP contribution in [-0.2, 0) is 0 Å². The van der Waals surface area contributed by atoms with Crippen LogP contribution in [0.1, 0.15) is 42.5 Å². The van der Waals surface area contributed by atoms with E-state index in [9.17, 15) is 4.79 Å². The molecule has 0 N–H and O–H groups in total. The van der Waals surface area contributed by atoms with Crippen molar-refractivity contribution in [2.45, 2.75) is 32.1 Å². The van der Waals surface area contributed by atoms with E-state index in [-0.39, 0.29) is 5.78 Å². The summed E-state index contributed by atoms with van der Waals surface area (Å²) in [5.41, 5.74) is 0.682. The van der Waals surface area contributed by atoms with Gasteiger partial charge in [0.25, 0.3) is 0 Å². The number of Topliss-reactive ketones (excluding diaryl/α,β-unsaturated/α-hetero) is 1. The molecule has 92 valence electrons. The second kappa shape index (κ2) is 7.67. The van der Waals surface area contributed by atoms with Crippen LogP contribution in [0, 0.1) is 0 Å². The Kier molecular flexibility index (Phi) is 6.53. The third-order valence-corrected chi connectivity index (χ3v) is 3.47. The van der Waals surface area contributed by atoms with Crippen molar-refractivity contribution < 1.29 is 4.79 Å². The second-order valence-corrected chi connectivity index (χ2v) is 5.23. The molecule has 1 aromatic carbocycles. The summed E-state index contributed by atoms with van der Waals surface area (Å²) < 4.78 is 0.818. The third-order valence-electron chi connectivity index (χ3n) is 2.54. The minimum atomic E-state index is 0.151. The fourth-order valence-corrected chi connectivity index (χ4v) is 2.24. The van der Waals surface area contributed by atoms with Gasteiger partial charge < -0.3 is 0 Å². The van der Waals surface area contributed by atoms with Gasteiger partial charge in [-0.2, -0.15) is 0 Å². The van der Waals surface area contributed by atoms with E-state index in [1.807, 2.05) is 12.1 Å². The Morgan fingerprint density at radius 2 is 2.12 bits per heavy atom. The van der Waals surface area contributed by atoms with Gasteiger partial charge in [-0.25, -0.2) is 0 Å². The SMILES string of the molecule is C=CCCCCCC(=O)c1cc(Cl)ccc1Br. The molecule has 0 atom stereocenters. The van der Waals surface area contributed by atoms with E-state index in [0.29, 0.717) is 17.0 Å². The maximum atomic E-state index is 11.9. The van der Waals surface area contributed by atoms with Gasteiger partial charge in [-0.3, -0.25) is 4.79 Å². The molecule has 0 fully saturated rings. The average Bonchev–Trinajstić information content (AvgIpc) is 2.32. The van der Waals surface area contributed by atoms with Gasteiger partial charge in [0, 0.05) is 21.5 Å². The molecule has 0 aromatic heterocycles. The lowest BCUT2D eigenvalue weighted by molar-refractivity contribution is 0.0978. The maximum Gasteiger partial charge on any atom is 0.164 e. The number of benzene rings is 1. The summed E-state index contributed by atoms with van der Waals surface area (Å²) in [6.45, 7) is 3.67. The quantitative estimate of drug-likeness (QED) is 0.373. The summed E-state index contributed by atoms with van der Waals surface area (Å²) in [5, 5.41) is 0.600. The lowest BCUT2D eigenvalue weighted by Crippen LogP contribution is -2.00. The molecule has 0 radical (unpaired) electrons. The van der Waals surface area contributed by atoms with Crippen molar-refractivity contribution in [3.63, 3.8) is 0 Å². The Hall–Kier alpha value is -0.600. The third kappa shape index (κ3) is 5.05. The van der Waals surface area contributed by atoms with Crippen LogP contribution in [-0.4, -0.2) is 5.78 Å². The molecule has 0 amide bonds. The molecule has 0 aliphatic carbocycles. The Balaban J connectivity index is 2.46. The van der Waals surface area contributed by atoms with Crippen LogP contribution in [0.5, 0.6) is 0 Å². The highest BCUT2D eigenvalue weighted by atomic mass is 79.9. The minimum absolute atomic E-state index is 0.151. The first-order valence-electron chi connectivity index (χ1n) is 5.74. The number of rotatable bonds is 7. The number of allylic oxidation sites excluding steroid dienone is 1. The molecule has 1 aromatic rings. The number of carbonyl (C=O) groups excluding carboxylic acids is 1. The van der Waals surface area contributed by atoms with Gasteiger partial charge in [-0.15, -0.1) is 6.58 Å². The standard InChI is InChI=1S/C14H16BrClO/c1-2-3-4-5-6-7-14(17)12-10-11(16)8-9-13(12)15/h2,8-10H,1,3-7H2. The first kappa shape index (κ1) is 14.5. The van der Waals surface area contributed by atoms with Crippen molar-refractivity contribution in [3.8, 4) is 0 Å². The van der Waals surface area contributed by atoms with Gasteiger partial charge in [0.05, 0.1) is 0 Å². The average molecular weight is 316 g/mol. The molecule has 1 nitrogen and oxygen atoms in total. The van der Waals surface area contributed by atoms with Gasteiger partial charge >= 0.3 is 0 Å². The topological polar surface area (TPSA) is 17.1 Å². The van der Waals surface area contributed by atoms with Crippen LogP contribution in [0.2, 0.25) is 5.02 Å². The number of hydrogen-bond acceptors (Lipinski definition) is 1. The van der Waals surface area contributed by atoms with Crippen molar-refractivity contribution in [1.29, 1.82) is 0 Å². The van der Waals surface area contributed by atoms with Crippen LogP contribution in [0.25, 0.3) is 0 Å². The maximum absolute atomic E-state index is 11.9. The molecular weight excluding hydrogens is 300 g/mol. The lowest BCUT2D eigenvalue weighted by atomic mass is 10.0. The summed E-state index contributed by atoms with van der Waals surface area (Å²) in [6, 6.07) is 5.30. The van der Waals surface area contributed by atoms with Crippen molar-refractivity contribution in [2.24, 2.45) is 0 Å². The van der Waals surface area contributed by atoms with Gasteiger partial charge in [0.1, 0.15) is 0 Å². The van der Waals surface area contributed by atoms with Gasteiger partial charge in [-0.1, -0.05) is 40.0 Å². The highest BCUT2D eigenvalue weighted by molar-refractivity contribution is 9.10. The molecule has 0 spiro atoms. The summed E-state index contributed by atoms with van der Waals surface area (Å²) in [4.78, 5) is 11.9. The largest absolute Gasteiger partial charge is 0.294 e. The van der Waals surface area contributed by atoms with E-state index >= 15 is 0 Å². The highest BCUT2D eigenvalue weighted by Crippen LogP contribution is 2.23.